The molecule has 30 heavy (non-hydrogen) atoms. The van der Waals surface area contributed by atoms with Crippen LogP contribution in [-0.4, -0.2) is 55.8 Å². The van der Waals surface area contributed by atoms with Crippen LogP contribution in [0.2, 0.25) is 0 Å². The maximum Gasteiger partial charge on any atom is 0.437 e. The quantitative estimate of drug-likeness (QED) is 0.551. The number of ether oxygens (including phenoxy) is 2. The van der Waals surface area contributed by atoms with Crippen molar-refractivity contribution in [2.45, 2.75) is 26.4 Å². The summed E-state index contributed by atoms with van der Waals surface area (Å²) in [5.74, 6) is 0.162. The number of rotatable bonds is 5. The topological polar surface area (TPSA) is 123 Å². The third kappa shape index (κ3) is 5.11. The molecule has 0 saturated carbocycles. The van der Waals surface area contributed by atoms with Gasteiger partial charge >= 0.3 is 12.2 Å². The van der Waals surface area contributed by atoms with Gasteiger partial charge < -0.3 is 30.7 Å². The van der Waals surface area contributed by atoms with E-state index in [0.29, 0.717) is 37.2 Å². The van der Waals surface area contributed by atoms with E-state index in [1.54, 1.807) is 30.0 Å². The fourth-order valence-electron chi connectivity index (χ4n) is 3.97. The summed E-state index contributed by atoms with van der Waals surface area (Å²) < 4.78 is 24.8. The largest absolute Gasteiger partial charge is 0.450 e. The molecule has 3 rings (SSSR count). The Balaban J connectivity index is 1.50. The molecule has 164 valence electrons. The number of nitrogens with two attached hydrogens (primary N) is 2. The van der Waals surface area contributed by atoms with E-state index < -0.39 is 17.9 Å². The average Bonchev–Trinajstić information content (AvgIpc) is 2.67. The van der Waals surface area contributed by atoms with Crippen molar-refractivity contribution in [2.75, 3.05) is 37.7 Å². The van der Waals surface area contributed by atoms with Crippen LogP contribution in [0.1, 0.15) is 25.3 Å². The van der Waals surface area contributed by atoms with Crippen molar-refractivity contribution in [3.05, 3.63) is 29.6 Å². The molecular formula is C20H28FN5O4. The summed E-state index contributed by atoms with van der Waals surface area (Å²) in [5.41, 5.74) is 11.0. The highest BCUT2D eigenvalue weighted by Gasteiger charge is 2.37. The molecule has 2 amide bonds. The molecule has 0 spiro atoms. The minimum atomic E-state index is -0.960. The van der Waals surface area contributed by atoms with Crippen molar-refractivity contribution in [2.24, 2.45) is 28.3 Å². The third-order valence-corrected chi connectivity index (χ3v) is 5.61. The van der Waals surface area contributed by atoms with E-state index in [1.165, 1.54) is 0 Å². The van der Waals surface area contributed by atoms with Crippen molar-refractivity contribution in [3.8, 4) is 0 Å². The summed E-state index contributed by atoms with van der Waals surface area (Å²) in [6.07, 6.45) is 0.657. The first kappa shape index (κ1) is 21.7. The van der Waals surface area contributed by atoms with Crippen molar-refractivity contribution < 1.29 is 23.5 Å². The molecule has 1 aromatic carbocycles. The number of amides is 2. The molecular weight excluding hydrogens is 393 g/mol. The minimum absolute atomic E-state index is 0.245. The van der Waals surface area contributed by atoms with Crippen LogP contribution in [0.3, 0.4) is 0 Å². The first-order valence-corrected chi connectivity index (χ1v) is 10.1. The van der Waals surface area contributed by atoms with E-state index in [2.05, 4.69) is 4.99 Å². The Kier molecular flexibility index (Phi) is 6.96. The molecule has 0 radical (unpaired) electrons. The number of benzene rings is 1. The lowest BCUT2D eigenvalue weighted by Gasteiger charge is -2.47. The zero-order valence-corrected chi connectivity index (χ0v) is 17.1. The number of carbonyl (C=O) groups excluding carboxylic acids is 2. The molecule has 0 aromatic heterocycles. The number of anilines is 1. The summed E-state index contributed by atoms with van der Waals surface area (Å²) in [6, 6.07) is 5.01. The first-order valence-electron chi connectivity index (χ1n) is 10.1. The van der Waals surface area contributed by atoms with Gasteiger partial charge in [-0.1, -0.05) is 12.1 Å². The van der Waals surface area contributed by atoms with E-state index in [0.717, 1.165) is 25.9 Å². The number of halogens is 1. The second-order valence-electron chi connectivity index (χ2n) is 7.53. The lowest BCUT2D eigenvalue weighted by atomic mass is 9.79. The standard InChI is InChI=1S/C20H28FN5O4/c1-2-29-20(28)25-8-6-13(7-9-25)15-10-26(11-15)16-5-3-4-14(17(16)21)12-30-19(27)24-18(22)23/h3-5,13,15H,2,6-12H2,1H3,(H4,22,23,24,27). The number of likely N-dealkylation sites (tertiary alicyclic amines) is 1. The van der Waals surface area contributed by atoms with Crippen LogP contribution in [-0.2, 0) is 16.1 Å². The fraction of sp³-hybridized carbons (Fsp3) is 0.550. The second-order valence-corrected chi connectivity index (χ2v) is 7.53. The van der Waals surface area contributed by atoms with Gasteiger partial charge in [0.25, 0.3) is 0 Å². The zero-order chi connectivity index (χ0) is 21.7. The number of hydrogen-bond donors (Lipinski definition) is 2. The van der Waals surface area contributed by atoms with E-state index in [-0.39, 0.29) is 18.3 Å². The van der Waals surface area contributed by atoms with Crippen LogP contribution in [0.15, 0.2) is 23.2 Å². The fourth-order valence-corrected chi connectivity index (χ4v) is 3.97. The Bertz CT molecular complexity index is 800. The molecule has 2 fully saturated rings. The minimum Gasteiger partial charge on any atom is -0.450 e. The normalized spacial score (nSPS) is 17.3. The summed E-state index contributed by atoms with van der Waals surface area (Å²) in [6.45, 7) is 4.86. The zero-order valence-electron chi connectivity index (χ0n) is 17.1. The van der Waals surface area contributed by atoms with Gasteiger partial charge in [-0.25, -0.2) is 14.0 Å². The van der Waals surface area contributed by atoms with E-state index in [9.17, 15) is 14.0 Å². The van der Waals surface area contributed by atoms with Crippen LogP contribution < -0.4 is 16.4 Å². The lowest BCUT2D eigenvalue weighted by Crippen LogP contribution is -2.53. The van der Waals surface area contributed by atoms with Crippen molar-refractivity contribution in [3.63, 3.8) is 0 Å². The van der Waals surface area contributed by atoms with Crippen molar-refractivity contribution >= 4 is 23.8 Å². The number of guanidine groups is 1. The van der Waals surface area contributed by atoms with Crippen molar-refractivity contribution in [1.29, 1.82) is 0 Å². The highest BCUT2D eigenvalue weighted by Crippen LogP contribution is 2.36. The number of nitrogens with zero attached hydrogens (tertiary/aromatic N) is 3. The van der Waals surface area contributed by atoms with Gasteiger partial charge in [0.15, 0.2) is 11.8 Å². The SMILES string of the molecule is CCOC(=O)N1CCC(C2CN(c3cccc(COC(=O)N=C(N)N)c3F)C2)CC1. The summed E-state index contributed by atoms with van der Waals surface area (Å²) >= 11 is 0. The van der Waals surface area contributed by atoms with Gasteiger partial charge in [0.05, 0.1) is 12.3 Å². The molecule has 0 aliphatic carbocycles. The van der Waals surface area contributed by atoms with Gasteiger partial charge in [-0.15, -0.1) is 4.99 Å². The highest BCUT2D eigenvalue weighted by atomic mass is 19.1. The van der Waals surface area contributed by atoms with Crippen LogP contribution in [0, 0.1) is 17.7 Å². The van der Waals surface area contributed by atoms with Crippen LogP contribution in [0.5, 0.6) is 0 Å². The van der Waals surface area contributed by atoms with Crippen LogP contribution in [0.25, 0.3) is 0 Å². The molecule has 0 atom stereocenters. The molecule has 2 aliphatic rings. The Morgan fingerprint density at radius 2 is 1.87 bits per heavy atom. The Morgan fingerprint density at radius 3 is 2.50 bits per heavy atom. The van der Waals surface area contributed by atoms with Gasteiger partial charge in [-0.2, -0.15) is 0 Å². The first-order chi connectivity index (χ1) is 14.4. The summed E-state index contributed by atoms with van der Waals surface area (Å²) in [5, 5.41) is 0. The van der Waals surface area contributed by atoms with Gasteiger partial charge in [-0.05, 0) is 37.7 Å². The average molecular weight is 421 g/mol. The highest BCUT2D eigenvalue weighted by molar-refractivity contribution is 5.87. The predicted molar refractivity (Wildman–Crippen MR) is 109 cm³/mol. The number of carbonyl (C=O) groups is 2. The molecule has 0 unspecified atom stereocenters. The van der Waals surface area contributed by atoms with Gasteiger partial charge in [0.1, 0.15) is 6.61 Å². The lowest BCUT2D eigenvalue weighted by molar-refractivity contribution is 0.0807. The molecule has 2 saturated heterocycles. The molecule has 10 heteroatoms. The van der Waals surface area contributed by atoms with E-state index in [4.69, 9.17) is 20.9 Å². The number of aliphatic imine (C=N–C) groups is 1. The molecule has 9 nitrogen and oxygen atoms in total. The third-order valence-electron chi connectivity index (χ3n) is 5.61. The van der Waals surface area contributed by atoms with Crippen molar-refractivity contribution in [1.82, 2.24) is 4.90 Å². The summed E-state index contributed by atoms with van der Waals surface area (Å²) in [4.78, 5) is 30.2. The smallest absolute Gasteiger partial charge is 0.437 e. The molecule has 1 aromatic rings. The molecule has 2 aliphatic heterocycles. The predicted octanol–water partition coefficient (Wildman–Crippen LogP) is 2.04. The molecule has 0 bridgehead atoms. The maximum absolute atomic E-state index is 14.9. The van der Waals surface area contributed by atoms with Gasteiger partial charge in [-0.3, -0.25) is 0 Å². The van der Waals surface area contributed by atoms with Gasteiger partial charge in [0.2, 0.25) is 0 Å². The van der Waals surface area contributed by atoms with E-state index in [1.807, 2.05) is 4.90 Å². The Hall–Kier alpha value is -3.04. The Labute approximate surface area is 174 Å². The summed E-state index contributed by atoms with van der Waals surface area (Å²) in [7, 11) is 0. The maximum atomic E-state index is 14.9. The molecule has 4 N–H and O–H groups in total. The second kappa shape index (κ2) is 9.64. The Morgan fingerprint density at radius 1 is 1.17 bits per heavy atom. The monoisotopic (exact) mass is 421 g/mol. The van der Waals surface area contributed by atoms with Gasteiger partial charge in [0, 0.05) is 31.7 Å². The van der Waals surface area contributed by atoms with Crippen LogP contribution in [0.4, 0.5) is 19.7 Å². The molecule has 2 heterocycles. The number of piperidine rings is 1. The van der Waals surface area contributed by atoms with Crippen LogP contribution >= 0.6 is 0 Å². The number of hydrogen-bond acceptors (Lipinski definition) is 5. The van der Waals surface area contributed by atoms with E-state index >= 15 is 0 Å².